The van der Waals surface area contributed by atoms with Crippen molar-refractivity contribution in [3.63, 3.8) is 0 Å². The second-order valence-electron chi connectivity index (χ2n) is 6.09. The van der Waals surface area contributed by atoms with Crippen LogP contribution in [-0.2, 0) is 14.9 Å². The summed E-state index contributed by atoms with van der Waals surface area (Å²) in [6.07, 6.45) is 5.04. The highest BCUT2D eigenvalue weighted by Gasteiger charge is 2.62. The number of nitro benzene ring substituents is 1. The summed E-state index contributed by atoms with van der Waals surface area (Å²) in [4.78, 5) is 22.7. The first-order chi connectivity index (χ1) is 9.51. The largest absolute Gasteiger partial charge is 0.468 e. The average Bonchev–Trinajstić information content (AvgIpc) is 2.36. The lowest BCUT2D eigenvalue weighted by Gasteiger charge is -2.59. The number of hydrogen-bond donors (Lipinski definition) is 0. The number of methoxy groups -OCH3 is 1. The third-order valence-electron chi connectivity index (χ3n) is 4.95. The molecule has 0 unspecified atom stereocenters. The van der Waals surface area contributed by atoms with Crippen molar-refractivity contribution in [1.82, 2.24) is 0 Å². The molecule has 5 heteroatoms. The Morgan fingerprint density at radius 1 is 1.35 bits per heavy atom. The molecular formula is C15H17NO4. The lowest BCUT2D eigenvalue weighted by Crippen LogP contribution is -2.57. The molecule has 5 nitrogen and oxygen atoms in total. The maximum Gasteiger partial charge on any atom is 0.316 e. The Hall–Kier alpha value is -1.91. The predicted octanol–water partition coefficient (Wildman–Crippen LogP) is 2.97. The van der Waals surface area contributed by atoms with Crippen molar-refractivity contribution in [2.45, 2.75) is 37.5 Å². The van der Waals surface area contributed by atoms with Crippen LogP contribution < -0.4 is 0 Å². The van der Waals surface area contributed by atoms with Crippen LogP contribution in [-0.4, -0.2) is 18.0 Å². The smallest absolute Gasteiger partial charge is 0.316 e. The van der Waals surface area contributed by atoms with Crippen molar-refractivity contribution in [2.75, 3.05) is 7.11 Å². The monoisotopic (exact) mass is 275 g/mol. The molecular weight excluding hydrogens is 258 g/mol. The minimum atomic E-state index is -0.679. The van der Waals surface area contributed by atoms with E-state index in [1.807, 2.05) is 0 Å². The van der Waals surface area contributed by atoms with Crippen LogP contribution in [0.3, 0.4) is 0 Å². The molecule has 20 heavy (non-hydrogen) atoms. The van der Waals surface area contributed by atoms with E-state index in [1.165, 1.54) is 25.7 Å². The van der Waals surface area contributed by atoms with Crippen LogP contribution in [0.15, 0.2) is 24.3 Å². The van der Waals surface area contributed by atoms with Gasteiger partial charge in [0.2, 0.25) is 0 Å². The van der Waals surface area contributed by atoms with Gasteiger partial charge < -0.3 is 4.74 Å². The van der Waals surface area contributed by atoms with Gasteiger partial charge in [-0.15, -0.1) is 0 Å². The number of rotatable bonds is 3. The van der Waals surface area contributed by atoms with Gasteiger partial charge in [0.15, 0.2) is 0 Å². The van der Waals surface area contributed by atoms with Gasteiger partial charge in [0.05, 0.1) is 17.4 Å². The van der Waals surface area contributed by atoms with Crippen molar-refractivity contribution < 1.29 is 14.5 Å². The predicted molar refractivity (Wildman–Crippen MR) is 72.3 cm³/mol. The molecule has 2 aliphatic rings. The zero-order valence-electron chi connectivity index (χ0n) is 11.4. The maximum atomic E-state index is 12.2. The Bertz CT molecular complexity index is 569. The zero-order chi connectivity index (χ0) is 14.4. The highest BCUT2D eigenvalue weighted by Crippen LogP contribution is 2.65. The number of carbonyl (C=O) groups is 1. The van der Waals surface area contributed by atoms with E-state index in [-0.39, 0.29) is 17.1 Å². The van der Waals surface area contributed by atoms with Gasteiger partial charge in [-0.2, -0.15) is 0 Å². The van der Waals surface area contributed by atoms with Crippen molar-refractivity contribution in [3.05, 3.63) is 39.9 Å². The molecule has 1 spiro atoms. The number of nitrogens with zero attached hydrogens (tertiary/aromatic N) is 1. The van der Waals surface area contributed by atoms with E-state index in [2.05, 4.69) is 0 Å². The Balaban J connectivity index is 1.96. The number of non-ortho nitro benzene ring substituents is 1. The highest BCUT2D eigenvalue weighted by molar-refractivity contribution is 5.85. The molecule has 106 valence electrons. The number of benzene rings is 1. The fraction of sp³-hybridized carbons (Fsp3) is 0.533. The number of hydrogen-bond acceptors (Lipinski definition) is 4. The third-order valence-corrected chi connectivity index (χ3v) is 4.95. The molecule has 0 atom stereocenters. The number of ether oxygens (including phenoxy) is 1. The summed E-state index contributed by atoms with van der Waals surface area (Å²) in [7, 11) is 1.38. The number of esters is 1. The van der Waals surface area contributed by atoms with Gasteiger partial charge in [-0.25, -0.2) is 0 Å². The zero-order valence-corrected chi connectivity index (χ0v) is 11.4. The van der Waals surface area contributed by atoms with Gasteiger partial charge in [-0.1, -0.05) is 18.6 Å². The van der Waals surface area contributed by atoms with Crippen LogP contribution in [0.4, 0.5) is 5.69 Å². The van der Waals surface area contributed by atoms with Crippen LogP contribution >= 0.6 is 0 Å². The Morgan fingerprint density at radius 3 is 2.55 bits per heavy atom. The average molecular weight is 275 g/mol. The first-order valence-electron chi connectivity index (χ1n) is 6.85. The molecule has 2 saturated carbocycles. The topological polar surface area (TPSA) is 69.4 Å². The molecule has 0 aromatic heterocycles. The van der Waals surface area contributed by atoms with E-state index in [4.69, 9.17) is 4.74 Å². The standard InChI is InChI=1S/C15H17NO4/c1-20-13(17)15(9-14(10-15)6-3-7-14)11-4-2-5-12(8-11)16(18)19/h2,4-5,8H,3,6-7,9-10H2,1H3. The molecule has 0 saturated heterocycles. The fourth-order valence-corrected chi connectivity index (χ4v) is 3.84. The van der Waals surface area contributed by atoms with Gasteiger partial charge in [0.1, 0.15) is 0 Å². The number of carbonyl (C=O) groups excluding carboxylic acids is 1. The quantitative estimate of drug-likeness (QED) is 0.483. The molecule has 0 radical (unpaired) electrons. The van der Waals surface area contributed by atoms with E-state index in [9.17, 15) is 14.9 Å². The lowest BCUT2D eigenvalue weighted by molar-refractivity contribution is -0.385. The summed E-state index contributed by atoms with van der Waals surface area (Å²) in [5, 5.41) is 10.9. The molecule has 0 aliphatic heterocycles. The molecule has 2 aliphatic carbocycles. The molecule has 0 amide bonds. The summed E-state index contributed by atoms with van der Waals surface area (Å²) >= 11 is 0. The van der Waals surface area contributed by atoms with Crippen LogP contribution in [0.25, 0.3) is 0 Å². The minimum Gasteiger partial charge on any atom is -0.468 e. The second kappa shape index (κ2) is 4.30. The highest BCUT2D eigenvalue weighted by atomic mass is 16.6. The van der Waals surface area contributed by atoms with Gasteiger partial charge in [0, 0.05) is 12.1 Å². The molecule has 0 bridgehead atoms. The normalized spacial score (nSPS) is 21.6. The summed E-state index contributed by atoms with van der Waals surface area (Å²) in [6, 6.07) is 6.41. The van der Waals surface area contributed by atoms with E-state index in [0.717, 1.165) is 31.2 Å². The van der Waals surface area contributed by atoms with Crippen molar-refractivity contribution in [2.24, 2.45) is 5.41 Å². The SMILES string of the molecule is COC(=O)C1(c2cccc([N+](=O)[O-])c2)CC2(CCC2)C1. The molecule has 0 heterocycles. The van der Waals surface area contributed by atoms with Crippen molar-refractivity contribution in [3.8, 4) is 0 Å². The fourth-order valence-electron chi connectivity index (χ4n) is 3.84. The molecule has 1 aromatic carbocycles. The summed E-state index contributed by atoms with van der Waals surface area (Å²) in [5.74, 6) is -0.268. The van der Waals surface area contributed by atoms with Crippen LogP contribution in [0, 0.1) is 15.5 Å². The molecule has 0 N–H and O–H groups in total. The van der Waals surface area contributed by atoms with Crippen molar-refractivity contribution >= 4 is 11.7 Å². The van der Waals surface area contributed by atoms with E-state index < -0.39 is 10.3 Å². The summed E-state index contributed by atoms with van der Waals surface area (Å²) in [5.41, 5.74) is 0.344. The van der Waals surface area contributed by atoms with Gasteiger partial charge in [-0.3, -0.25) is 14.9 Å². The lowest BCUT2D eigenvalue weighted by atomic mass is 9.43. The van der Waals surface area contributed by atoms with Gasteiger partial charge >= 0.3 is 5.97 Å². The number of nitro groups is 1. The van der Waals surface area contributed by atoms with Crippen LogP contribution in [0.5, 0.6) is 0 Å². The van der Waals surface area contributed by atoms with Gasteiger partial charge in [0.25, 0.3) is 5.69 Å². The van der Waals surface area contributed by atoms with E-state index in [0.29, 0.717) is 0 Å². The summed E-state index contributed by atoms with van der Waals surface area (Å²) in [6.45, 7) is 0. The van der Waals surface area contributed by atoms with E-state index >= 15 is 0 Å². The molecule has 3 rings (SSSR count). The molecule has 1 aromatic rings. The Kier molecular flexibility index (Phi) is 2.81. The minimum absolute atomic E-state index is 0.0281. The summed E-state index contributed by atoms with van der Waals surface area (Å²) < 4.78 is 4.97. The van der Waals surface area contributed by atoms with Gasteiger partial charge in [-0.05, 0) is 36.7 Å². The second-order valence-corrected chi connectivity index (χ2v) is 6.09. The van der Waals surface area contributed by atoms with Crippen LogP contribution in [0.2, 0.25) is 0 Å². The van der Waals surface area contributed by atoms with Crippen molar-refractivity contribution in [1.29, 1.82) is 0 Å². The Labute approximate surface area is 117 Å². The third kappa shape index (κ3) is 1.72. The molecule has 2 fully saturated rings. The Morgan fingerprint density at radius 2 is 2.05 bits per heavy atom. The van der Waals surface area contributed by atoms with Crippen LogP contribution in [0.1, 0.15) is 37.7 Å². The maximum absolute atomic E-state index is 12.2. The van der Waals surface area contributed by atoms with E-state index in [1.54, 1.807) is 12.1 Å². The first kappa shape index (κ1) is 13.1. The first-order valence-corrected chi connectivity index (χ1v) is 6.85.